The molecule has 0 spiro atoms. The van der Waals surface area contributed by atoms with Crippen LogP contribution >= 0.6 is 0 Å². The first-order valence-electron chi connectivity index (χ1n) is 8.75. The summed E-state index contributed by atoms with van der Waals surface area (Å²) in [6.45, 7) is 1.27. The molecule has 2 fully saturated rings. The Morgan fingerprint density at radius 2 is 2.08 bits per heavy atom. The normalized spacial score (nSPS) is 27.1. The molecule has 0 radical (unpaired) electrons. The quantitative estimate of drug-likeness (QED) is 0.917. The van der Waals surface area contributed by atoms with Crippen LogP contribution < -0.4 is 0 Å². The predicted molar refractivity (Wildman–Crippen MR) is 90.0 cm³/mol. The van der Waals surface area contributed by atoms with Crippen molar-refractivity contribution < 1.29 is 9.90 Å². The highest BCUT2D eigenvalue weighted by atomic mass is 16.3. The lowest BCUT2D eigenvalue weighted by atomic mass is 9.71. The molecule has 2 aromatic rings. The number of aliphatic hydroxyl groups is 1. The first kappa shape index (κ1) is 15.4. The zero-order chi connectivity index (χ0) is 16.7. The largest absolute Gasteiger partial charge is 0.389 e. The number of fused-ring (bicyclic) bond motifs is 1. The van der Waals surface area contributed by atoms with Gasteiger partial charge < -0.3 is 14.6 Å². The Balaban J connectivity index is 1.59. The molecule has 0 aromatic carbocycles. The number of aryl methyl sites for hydroxylation is 1. The number of aromatic nitrogens is 3. The molecule has 2 atom stereocenters. The Morgan fingerprint density at radius 3 is 2.88 bits per heavy atom. The van der Waals surface area contributed by atoms with Crippen molar-refractivity contribution in [2.24, 2.45) is 13.0 Å². The van der Waals surface area contributed by atoms with Gasteiger partial charge in [-0.1, -0.05) is 12.8 Å². The molecule has 1 saturated carbocycles. The maximum absolute atomic E-state index is 13.1. The zero-order valence-electron chi connectivity index (χ0n) is 14.1. The molecule has 1 aliphatic heterocycles. The molecule has 0 unspecified atom stereocenters. The van der Waals surface area contributed by atoms with Crippen LogP contribution in [0, 0.1) is 5.92 Å². The maximum Gasteiger partial charge on any atom is 0.259 e. The molecule has 4 rings (SSSR count). The first-order chi connectivity index (χ1) is 11.6. The molecule has 2 aromatic heterocycles. The fraction of sp³-hybridized carbons (Fsp3) is 0.556. The third-order valence-corrected chi connectivity index (χ3v) is 5.70. The van der Waals surface area contributed by atoms with Gasteiger partial charge in [0.1, 0.15) is 11.4 Å². The van der Waals surface area contributed by atoms with Crippen LogP contribution in [-0.4, -0.2) is 49.0 Å². The second-order valence-electron chi connectivity index (χ2n) is 7.14. The van der Waals surface area contributed by atoms with E-state index in [1.807, 2.05) is 41.0 Å². The fourth-order valence-corrected chi connectivity index (χ4v) is 4.29. The number of likely N-dealkylation sites (tertiary alicyclic amines) is 1. The summed E-state index contributed by atoms with van der Waals surface area (Å²) in [5.74, 6) is 1.00. The van der Waals surface area contributed by atoms with E-state index in [9.17, 15) is 9.90 Å². The molecule has 0 bridgehead atoms. The summed E-state index contributed by atoms with van der Waals surface area (Å²) in [5.41, 5.74) is 0.0580. The Hall–Kier alpha value is -2.08. The molecule has 6 nitrogen and oxygen atoms in total. The van der Waals surface area contributed by atoms with Crippen LogP contribution in [0.15, 0.2) is 30.7 Å². The summed E-state index contributed by atoms with van der Waals surface area (Å²) in [7, 11) is 1.85. The number of carbonyl (C=O) groups is 1. The van der Waals surface area contributed by atoms with Crippen LogP contribution in [0.1, 0.15) is 42.5 Å². The first-order valence-corrected chi connectivity index (χ1v) is 8.75. The average molecular weight is 328 g/mol. The Bertz CT molecular complexity index is 736. The smallest absolute Gasteiger partial charge is 0.259 e. The van der Waals surface area contributed by atoms with E-state index in [1.165, 1.54) is 0 Å². The second-order valence-corrected chi connectivity index (χ2v) is 7.14. The highest BCUT2D eigenvalue weighted by molar-refractivity contribution is 5.97. The molecule has 3 heterocycles. The third kappa shape index (κ3) is 2.45. The molecule has 2 aliphatic rings. The van der Waals surface area contributed by atoms with E-state index in [-0.39, 0.29) is 11.8 Å². The zero-order valence-corrected chi connectivity index (χ0v) is 14.1. The van der Waals surface area contributed by atoms with Gasteiger partial charge in [0.2, 0.25) is 0 Å². The summed E-state index contributed by atoms with van der Waals surface area (Å²) in [5, 5.41) is 15.1. The minimum Gasteiger partial charge on any atom is -0.389 e. The van der Waals surface area contributed by atoms with Crippen LogP contribution in [0.3, 0.4) is 0 Å². The van der Waals surface area contributed by atoms with Gasteiger partial charge in [0, 0.05) is 38.4 Å². The summed E-state index contributed by atoms with van der Waals surface area (Å²) in [4.78, 5) is 15.0. The number of nitrogens with zero attached hydrogens (tertiary/aromatic N) is 4. The van der Waals surface area contributed by atoms with E-state index in [0.717, 1.165) is 31.5 Å². The Morgan fingerprint density at radius 1 is 1.29 bits per heavy atom. The van der Waals surface area contributed by atoms with Gasteiger partial charge in [-0.3, -0.25) is 9.48 Å². The molecule has 1 N–H and O–H groups in total. The number of hydrogen-bond donors (Lipinski definition) is 1. The number of hydrogen-bond acceptors (Lipinski definition) is 3. The van der Waals surface area contributed by atoms with Gasteiger partial charge in [0.15, 0.2) is 0 Å². The lowest BCUT2D eigenvalue weighted by Gasteiger charge is -2.47. The monoisotopic (exact) mass is 328 g/mol. The molecule has 128 valence electrons. The van der Waals surface area contributed by atoms with Crippen molar-refractivity contribution in [2.45, 2.75) is 37.7 Å². The number of carbonyl (C=O) groups excluding carboxylic acids is 1. The minimum atomic E-state index is -0.562. The van der Waals surface area contributed by atoms with Crippen molar-refractivity contribution in [3.8, 4) is 5.82 Å². The molecular weight excluding hydrogens is 304 g/mol. The summed E-state index contributed by atoms with van der Waals surface area (Å²) in [6, 6.07) is 3.87. The van der Waals surface area contributed by atoms with Crippen molar-refractivity contribution in [3.63, 3.8) is 0 Å². The van der Waals surface area contributed by atoms with Gasteiger partial charge in [-0.05, 0) is 31.4 Å². The van der Waals surface area contributed by atoms with Gasteiger partial charge in [-0.15, -0.1) is 0 Å². The average Bonchev–Trinajstić information content (AvgIpc) is 3.22. The van der Waals surface area contributed by atoms with Crippen LogP contribution in [0.2, 0.25) is 0 Å². The highest BCUT2D eigenvalue weighted by Crippen LogP contribution is 2.40. The van der Waals surface area contributed by atoms with Crippen LogP contribution in [-0.2, 0) is 7.05 Å². The maximum atomic E-state index is 13.1. The summed E-state index contributed by atoms with van der Waals surface area (Å²) >= 11 is 0. The molecule has 1 amide bonds. The number of rotatable bonds is 2. The van der Waals surface area contributed by atoms with E-state index < -0.39 is 5.60 Å². The molecule has 6 heteroatoms. The molecular formula is C18H24N4O2. The van der Waals surface area contributed by atoms with Crippen LogP contribution in [0.4, 0.5) is 0 Å². The van der Waals surface area contributed by atoms with Crippen molar-refractivity contribution in [1.29, 1.82) is 0 Å². The van der Waals surface area contributed by atoms with Crippen molar-refractivity contribution >= 4 is 5.91 Å². The SMILES string of the molecule is Cn1ncc(C(=O)N2CC[C@]3(O)CCCC[C@@H]3C2)c1-n1cccc1. The summed E-state index contributed by atoms with van der Waals surface area (Å²) < 4.78 is 3.65. The number of amides is 1. The van der Waals surface area contributed by atoms with E-state index >= 15 is 0 Å². The van der Waals surface area contributed by atoms with E-state index in [0.29, 0.717) is 25.1 Å². The number of piperidine rings is 1. The van der Waals surface area contributed by atoms with Crippen LogP contribution in [0.25, 0.3) is 5.82 Å². The predicted octanol–water partition coefficient (Wildman–Crippen LogP) is 1.98. The van der Waals surface area contributed by atoms with E-state index in [4.69, 9.17) is 0 Å². The molecule has 1 saturated heterocycles. The van der Waals surface area contributed by atoms with Crippen molar-refractivity contribution in [3.05, 3.63) is 36.3 Å². The fourth-order valence-electron chi connectivity index (χ4n) is 4.29. The van der Waals surface area contributed by atoms with Gasteiger partial charge in [0.25, 0.3) is 5.91 Å². The Kier molecular flexibility index (Phi) is 3.72. The van der Waals surface area contributed by atoms with Crippen LogP contribution in [0.5, 0.6) is 0 Å². The lowest BCUT2D eigenvalue weighted by molar-refractivity contribution is -0.0886. The minimum absolute atomic E-state index is 0.0134. The highest BCUT2D eigenvalue weighted by Gasteiger charge is 2.44. The van der Waals surface area contributed by atoms with Gasteiger partial charge in [-0.25, -0.2) is 0 Å². The van der Waals surface area contributed by atoms with Gasteiger partial charge >= 0.3 is 0 Å². The van der Waals surface area contributed by atoms with Crippen molar-refractivity contribution in [2.75, 3.05) is 13.1 Å². The molecule has 24 heavy (non-hydrogen) atoms. The molecule has 1 aliphatic carbocycles. The van der Waals surface area contributed by atoms with E-state index in [2.05, 4.69) is 5.10 Å². The van der Waals surface area contributed by atoms with Crippen molar-refractivity contribution in [1.82, 2.24) is 19.2 Å². The Labute approximate surface area is 141 Å². The standard InChI is InChI=1S/C18H24N4O2/c1-20-16(21-9-4-5-10-21)15(12-19-20)17(23)22-11-8-18(24)7-3-2-6-14(18)13-22/h4-5,9-10,12,14,24H,2-3,6-8,11,13H2,1H3/t14-,18-/m1/s1. The third-order valence-electron chi connectivity index (χ3n) is 5.70. The van der Waals surface area contributed by atoms with E-state index in [1.54, 1.807) is 10.9 Å². The summed E-state index contributed by atoms with van der Waals surface area (Å²) in [6.07, 6.45) is 10.3. The lowest BCUT2D eigenvalue weighted by Crippen LogP contribution is -2.54. The topological polar surface area (TPSA) is 63.3 Å². The van der Waals surface area contributed by atoms with Gasteiger partial charge in [-0.2, -0.15) is 5.10 Å². The van der Waals surface area contributed by atoms with Gasteiger partial charge in [0.05, 0.1) is 11.8 Å². The second kappa shape index (κ2) is 5.77.